The van der Waals surface area contributed by atoms with Crippen molar-refractivity contribution < 1.29 is 79.5 Å². The van der Waals surface area contributed by atoms with E-state index in [9.17, 15) is 32.9 Å². The maximum atomic E-state index is 11.8. The molecule has 0 radical (unpaired) electrons. The van der Waals surface area contributed by atoms with Crippen molar-refractivity contribution in [1.82, 2.24) is 0 Å². The van der Waals surface area contributed by atoms with E-state index in [0.29, 0.717) is 12.8 Å². The first-order chi connectivity index (χ1) is 16.0. The molecule has 0 saturated carbocycles. The first-order valence-electron chi connectivity index (χ1n) is 10.2. The van der Waals surface area contributed by atoms with Crippen molar-refractivity contribution in [2.75, 3.05) is 52.9 Å². The van der Waals surface area contributed by atoms with Crippen LogP contribution in [-0.4, -0.2) is 82.4 Å². The van der Waals surface area contributed by atoms with Crippen molar-refractivity contribution in [1.29, 1.82) is 0 Å². The van der Waals surface area contributed by atoms with Gasteiger partial charge in [0.05, 0.1) is 46.2 Å². The Balaban J connectivity index is 4.20. The Labute approximate surface area is 202 Å². The van der Waals surface area contributed by atoms with Crippen LogP contribution in [0.25, 0.3) is 0 Å². The summed E-state index contributed by atoms with van der Waals surface area (Å²) in [5, 5.41) is 9.00. The molecule has 5 atom stereocenters. The lowest BCUT2D eigenvalue weighted by molar-refractivity contribution is 0.0746. The summed E-state index contributed by atoms with van der Waals surface area (Å²) < 4.78 is 77.7. The summed E-state index contributed by atoms with van der Waals surface area (Å²) in [5.41, 5.74) is 0. The molecule has 0 aromatic rings. The lowest BCUT2D eigenvalue weighted by Crippen LogP contribution is -2.15. The molecule has 0 aromatic carbocycles. The number of rotatable bonds is 22. The van der Waals surface area contributed by atoms with Gasteiger partial charge in [-0.05, 0) is 12.8 Å². The van der Waals surface area contributed by atoms with Crippen LogP contribution in [0.3, 0.4) is 0 Å². The molecule has 0 saturated heterocycles. The monoisotopic (exact) mass is 598 g/mol. The van der Waals surface area contributed by atoms with E-state index in [2.05, 4.69) is 31.7 Å². The standard InChI is InChI=1S/C14H34O17P4/c1-3-13(9-15)10-30-34(21,22)27-7-5-25-33(19,20)26-6-8-28-35(23,24)31-12-14(4-2)11-29-32(16,17)18/h13-15H,3-12H2,1-2H3,(H,19,20)(H,21,22)(H,23,24)(H2,16,17,18). The van der Waals surface area contributed by atoms with Crippen LogP contribution >= 0.6 is 31.3 Å². The third-order valence-corrected chi connectivity index (χ3v) is 7.49. The second kappa shape index (κ2) is 17.1. The highest BCUT2D eigenvalue weighted by Gasteiger charge is 2.27. The zero-order valence-electron chi connectivity index (χ0n) is 19.2. The van der Waals surface area contributed by atoms with Gasteiger partial charge in [-0.3, -0.25) is 31.7 Å². The van der Waals surface area contributed by atoms with Gasteiger partial charge in [0, 0.05) is 18.4 Å². The Morgan fingerprint density at radius 2 is 0.857 bits per heavy atom. The highest BCUT2D eigenvalue weighted by Crippen LogP contribution is 2.47. The molecule has 0 aliphatic heterocycles. The number of aliphatic hydroxyl groups excluding tert-OH is 1. The van der Waals surface area contributed by atoms with Gasteiger partial charge in [-0.15, -0.1) is 0 Å². The maximum Gasteiger partial charge on any atom is 0.472 e. The molecule has 0 amide bonds. The smallest absolute Gasteiger partial charge is 0.396 e. The Bertz CT molecular complexity index is 768. The van der Waals surface area contributed by atoms with Gasteiger partial charge in [0.25, 0.3) is 0 Å². The number of hydrogen-bond acceptors (Lipinski definition) is 12. The molecular formula is C14H34O17P4. The van der Waals surface area contributed by atoms with Gasteiger partial charge >= 0.3 is 31.3 Å². The van der Waals surface area contributed by atoms with Gasteiger partial charge in [0.2, 0.25) is 0 Å². The Morgan fingerprint density at radius 3 is 1.17 bits per heavy atom. The molecule has 0 rings (SSSR count). The van der Waals surface area contributed by atoms with Crippen LogP contribution in [0.2, 0.25) is 0 Å². The summed E-state index contributed by atoms with van der Waals surface area (Å²) in [6.07, 6.45) is 0.803. The molecule has 17 nitrogen and oxygen atoms in total. The molecule has 5 unspecified atom stereocenters. The lowest BCUT2D eigenvalue weighted by atomic mass is 10.1. The SMILES string of the molecule is CCC(CO)COP(=O)(O)OCCOP(=O)(O)OCCOP(=O)(O)OCC(CC)COP(=O)(O)O. The summed E-state index contributed by atoms with van der Waals surface area (Å²) in [6, 6.07) is 0. The minimum Gasteiger partial charge on any atom is -0.396 e. The predicted molar refractivity (Wildman–Crippen MR) is 118 cm³/mol. The average Bonchev–Trinajstić information content (AvgIpc) is 2.74. The van der Waals surface area contributed by atoms with E-state index >= 15 is 0 Å². The van der Waals surface area contributed by atoms with Crippen LogP contribution in [0.5, 0.6) is 0 Å². The molecule has 0 aliphatic carbocycles. The van der Waals surface area contributed by atoms with Crippen molar-refractivity contribution in [3.05, 3.63) is 0 Å². The fraction of sp³-hybridized carbons (Fsp3) is 1.00. The van der Waals surface area contributed by atoms with Gasteiger partial charge in [-0.1, -0.05) is 13.8 Å². The quantitative estimate of drug-likeness (QED) is 0.0763. The normalized spacial score (nSPS) is 19.4. The van der Waals surface area contributed by atoms with E-state index in [1.54, 1.807) is 13.8 Å². The average molecular weight is 598 g/mol. The molecule has 0 aliphatic rings. The van der Waals surface area contributed by atoms with Gasteiger partial charge in [-0.25, -0.2) is 18.3 Å². The summed E-state index contributed by atoms with van der Waals surface area (Å²) in [6.45, 7) is -0.574. The zero-order chi connectivity index (χ0) is 27.2. The lowest BCUT2D eigenvalue weighted by Gasteiger charge is -2.18. The third-order valence-electron chi connectivity index (χ3n) is 4.02. The maximum absolute atomic E-state index is 11.8. The van der Waals surface area contributed by atoms with Gasteiger partial charge in [-0.2, -0.15) is 0 Å². The predicted octanol–water partition coefficient (Wildman–Crippen LogP) is 1.54. The van der Waals surface area contributed by atoms with Crippen molar-refractivity contribution in [2.24, 2.45) is 11.8 Å². The van der Waals surface area contributed by atoms with E-state index in [1.165, 1.54) is 0 Å². The van der Waals surface area contributed by atoms with Crippen LogP contribution < -0.4 is 0 Å². The van der Waals surface area contributed by atoms with Crippen LogP contribution in [0, 0.1) is 11.8 Å². The largest absolute Gasteiger partial charge is 0.472 e. The summed E-state index contributed by atoms with van der Waals surface area (Å²) in [7, 11) is -18.5. The number of hydrogen-bond donors (Lipinski definition) is 6. The second-order valence-corrected chi connectivity index (χ2v) is 12.4. The fourth-order valence-electron chi connectivity index (χ4n) is 1.91. The summed E-state index contributed by atoms with van der Waals surface area (Å²) in [4.78, 5) is 45.9. The van der Waals surface area contributed by atoms with Crippen molar-refractivity contribution in [2.45, 2.75) is 26.7 Å². The topological polar surface area (TPSA) is 254 Å². The first kappa shape index (κ1) is 35.4. The molecule has 212 valence electrons. The Hall–Kier alpha value is 0.400. The minimum absolute atomic E-state index is 0.234. The second-order valence-electron chi connectivity index (χ2n) is 6.85. The Morgan fingerprint density at radius 1 is 0.543 bits per heavy atom. The number of phosphoric acid groups is 4. The van der Waals surface area contributed by atoms with Crippen LogP contribution in [0.4, 0.5) is 0 Å². The molecule has 0 heterocycles. The summed E-state index contributed by atoms with van der Waals surface area (Å²) >= 11 is 0. The van der Waals surface area contributed by atoms with E-state index in [1.807, 2.05) is 0 Å². The van der Waals surface area contributed by atoms with Crippen molar-refractivity contribution in [3.63, 3.8) is 0 Å². The van der Waals surface area contributed by atoms with Crippen molar-refractivity contribution in [3.8, 4) is 0 Å². The molecule has 0 fully saturated rings. The van der Waals surface area contributed by atoms with E-state index < -0.39 is 76.8 Å². The van der Waals surface area contributed by atoms with Crippen LogP contribution in [-0.2, 0) is 49.9 Å². The Kier molecular flexibility index (Phi) is 17.3. The highest BCUT2D eigenvalue weighted by molar-refractivity contribution is 7.48. The molecule has 0 spiro atoms. The van der Waals surface area contributed by atoms with Gasteiger partial charge in [0.15, 0.2) is 0 Å². The molecular weight excluding hydrogens is 564 g/mol. The number of phosphoric ester groups is 4. The van der Waals surface area contributed by atoms with E-state index in [0.717, 1.165) is 0 Å². The molecule has 21 heteroatoms. The third kappa shape index (κ3) is 20.1. The van der Waals surface area contributed by atoms with Gasteiger partial charge < -0.3 is 29.6 Å². The molecule has 0 aromatic heterocycles. The fourth-order valence-corrected chi connectivity index (χ4v) is 4.56. The van der Waals surface area contributed by atoms with Crippen LogP contribution in [0.15, 0.2) is 0 Å². The molecule has 35 heavy (non-hydrogen) atoms. The minimum atomic E-state index is -4.71. The van der Waals surface area contributed by atoms with E-state index in [-0.39, 0.29) is 19.1 Å². The van der Waals surface area contributed by atoms with Crippen LogP contribution in [0.1, 0.15) is 26.7 Å². The number of aliphatic hydroxyl groups is 1. The summed E-state index contributed by atoms with van der Waals surface area (Å²) in [5.74, 6) is -0.989. The van der Waals surface area contributed by atoms with E-state index in [4.69, 9.17) is 14.9 Å². The van der Waals surface area contributed by atoms with Gasteiger partial charge in [0.1, 0.15) is 0 Å². The highest BCUT2D eigenvalue weighted by atomic mass is 31.2. The van der Waals surface area contributed by atoms with Crippen molar-refractivity contribution >= 4 is 31.3 Å². The molecule has 6 N–H and O–H groups in total. The zero-order valence-corrected chi connectivity index (χ0v) is 22.8. The first-order valence-corrected chi connectivity index (χ1v) is 16.2. The molecule has 0 bridgehead atoms.